The Morgan fingerprint density at radius 1 is 1.25 bits per heavy atom. The van der Waals surface area contributed by atoms with Crippen molar-refractivity contribution in [3.05, 3.63) is 45.9 Å². The van der Waals surface area contributed by atoms with E-state index in [1.54, 1.807) is 18.3 Å². The first-order valence-corrected chi connectivity index (χ1v) is 6.93. The van der Waals surface area contributed by atoms with Gasteiger partial charge in [-0.15, -0.1) is 11.3 Å². The Bertz CT molecular complexity index is 637. The van der Waals surface area contributed by atoms with Crippen LogP contribution >= 0.6 is 11.3 Å². The van der Waals surface area contributed by atoms with Gasteiger partial charge in [-0.1, -0.05) is 12.1 Å². The largest absolute Gasteiger partial charge is 0.343 e. The Hall–Kier alpha value is -2.21. The summed E-state index contributed by atoms with van der Waals surface area (Å²) in [5.74, 6) is -1.32. The molecular weight excluding hydrogens is 274 g/mol. The van der Waals surface area contributed by atoms with Crippen molar-refractivity contribution in [2.75, 3.05) is 5.32 Å². The molecular formula is C14H15N3O2S. The maximum absolute atomic E-state index is 11.7. The minimum Gasteiger partial charge on any atom is -0.343 e. The summed E-state index contributed by atoms with van der Waals surface area (Å²) in [4.78, 5) is 28.4. The molecule has 0 saturated carbocycles. The fourth-order valence-electron chi connectivity index (χ4n) is 1.65. The lowest BCUT2D eigenvalue weighted by atomic mass is 10.2. The topological polar surface area (TPSA) is 71.1 Å². The first-order chi connectivity index (χ1) is 9.54. The van der Waals surface area contributed by atoms with Gasteiger partial charge in [0, 0.05) is 16.8 Å². The molecule has 0 radical (unpaired) electrons. The van der Waals surface area contributed by atoms with Crippen molar-refractivity contribution >= 4 is 28.8 Å². The zero-order chi connectivity index (χ0) is 14.5. The predicted octanol–water partition coefficient (Wildman–Crippen LogP) is 2.01. The third-order valence-electron chi connectivity index (χ3n) is 2.57. The van der Waals surface area contributed by atoms with Crippen LogP contribution in [0.1, 0.15) is 15.4 Å². The molecule has 20 heavy (non-hydrogen) atoms. The summed E-state index contributed by atoms with van der Waals surface area (Å²) >= 11 is 1.49. The van der Waals surface area contributed by atoms with Gasteiger partial charge in [-0.3, -0.25) is 9.59 Å². The molecule has 5 nitrogen and oxygen atoms in total. The third-order valence-corrected chi connectivity index (χ3v) is 3.49. The van der Waals surface area contributed by atoms with Crippen LogP contribution in [0.2, 0.25) is 0 Å². The van der Waals surface area contributed by atoms with Crippen molar-refractivity contribution in [2.45, 2.75) is 20.4 Å². The van der Waals surface area contributed by atoms with Crippen LogP contribution in [0, 0.1) is 13.8 Å². The number of nitrogens with one attached hydrogen (secondary N) is 2. The maximum Gasteiger partial charge on any atom is 0.313 e. The number of hydrogen-bond donors (Lipinski definition) is 2. The summed E-state index contributed by atoms with van der Waals surface area (Å²) in [6.45, 7) is 4.12. The van der Waals surface area contributed by atoms with Gasteiger partial charge in [0.05, 0.1) is 11.6 Å². The predicted molar refractivity (Wildman–Crippen MR) is 78.5 cm³/mol. The lowest BCUT2D eigenvalue weighted by Crippen LogP contribution is -2.34. The summed E-state index contributed by atoms with van der Waals surface area (Å²) < 4.78 is 0. The molecule has 0 atom stereocenters. The van der Waals surface area contributed by atoms with Crippen LogP contribution in [0.5, 0.6) is 0 Å². The van der Waals surface area contributed by atoms with E-state index in [0.717, 1.165) is 15.4 Å². The maximum atomic E-state index is 11.7. The molecule has 104 valence electrons. The molecule has 0 aliphatic carbocycles. The zero-order valence-corrected chi connectivity index (χ0v) is 12.1. The molecule has 1 aromatic carbocycles. The summed E-state index contributed by atoms with van der Waals surface area (Å²) in [7, 11) is 0. The second kappa shape index (κ2) is 6.29. The molecule has 1 heterocycles. The Morgan fingerprint density at radius 3 is 2.70 bits per heavy atom. The number of amides is 2. The van der Waals surface area contributed by atoms with Crippen molar-refractivity contribution < 1.29 is 9.59 Å². The summed E-state index contributed by atoms with van der Waals surface area (Å²) in [6, 6.07) is 7.28. The molecule has 0 aliphatic heterocycles. The lowest BCUT2D eigenvalue weighted by Gasteiger charge is -2.06. The van der Waals surface area contributed by atoms with Gasteiger partial charge in [0.1, 0.15) is 0 Å². The molecule has 2 amide bonds. The van der Waals surface area contributed by atoms with Gasteiger partial charge in [-0.2, -0.15) is 0 Å². The average Bonchev–Trinajstić information content (AvgIpc) is 2.81. The number of anilines is 1. The molecule has 1 aromatic heterocycles. The van der Waals surface area contributed by atoms with E-state index in [-0.39, 0.29) is 0 Å². The average molecular weight is 289 g/mol. The number of rotatable bonds is 3. The molecule has 2 N–H and O–H groups in total. The molecule has 0 bridgehead atoms. The van der Waals surface area contributed by atoms with Gasteiger partial charge in [0.25, 0.3) is 0 Å². The third kappa shape index (κ3) is 3.89. The van der Waals surface area contributed by atoms with Gasteiger partial charge in [-0.05, 0) is 31.5 Å². The van der Waals surface area contributed by atoms with Crippen molar-refractivity contribution in [3.63, 3.8) is 0 Å². The Labute approximate surface area is 121 Å². The van der Waals surface area contributed by atoms with Crippen LogP contribution in [-0.2, 0) is 16.1 Å². The fraction of sp³-hybridized carbons (Fsp3) is 0.214. The molecule has 0 unspecified atom stereocenters. The Balaban J connectivity index is 1.87. The van der Waals surface area contributed by atoms with Crippen LogP contribution in [0.25, 0.3) is 0 Å². The van der Waals surface area contributed by atoms with Crippen LogP contribution in [0.3, 0.4) is 0 Å². The monoisotopic (exact) mass is 289 g/mol. The van der Waals surface area contributed by atoms with Gasteiger partial charge in [-0.25, -0.2) is 4.98 Å². The normalized spacial score (nSPS) is 10.1. The molecule has 0 aliphatic rings. The van der Waals surface area contributed by atoms with E-state index in [0.29, 0.717) is 12.2 Å². The molecule has 2 aromatic rings. The fourth-order valence-corrected chi connectivity index (χ4v) is 2.38. The Kier molecular flexibility index (Phi) is 4.47. The van der Waals surface area contributed by atoms with Gasteiger partial charge in [0.2, 0.25) is 0 Å². The van der Waals surface area contributed by atoms with E-state index < -0.39 is 11.8 Å². The number of nitrogens with zero attached hydrogens (tertiary/aromatic N) is 1. The highest BCUT2D eigenvalue weighted by molar-refractivity contribution is 7.11. The van der Waals surface area contributed by atoms with Crippen molar-refractivity contribution in [3.8, 4) is 0 Å². The summed E-state index contributed by atoms with van der Waals surface area (Å²) in [5.41, 5.74) is 1.63. The van der Waals surface area contributed by atoms with Crippen molar-refractivity contribution in [1.82, 2.24) is 10.3 Å². The van der Waals surface area contributed by atoms with E-state index in [4.69, 9.17) is 0 Å². The first kappa shape index (κ1) is 14.2. The van der Waals surface area contributed by atoms with Gasteiger partial charge in [0.15, 0.2) is 0 Å². The summed E-state index contributed by atoms with van der Waals surface area (Å²) in [5, 5.41) is 6.06. The number of benzene rings is 1. The Morgan fingerprint density at radius 2 is 2.05 bits per heavy atom. The number of thiazole rings is 1. The van der Waals surface area contributed by atoms with Crippen LogP contribution < -0.4 is 10.6 Å². The molecule has 0 fully saturated rings. The van der Waals surface area contributed by atoms with Crippen molar-refractivity contribution in [1.29, 1.82) is 0 Å². The minimum atomic E-state index is -0.670. The van der Waals surface area contributed by atoms with Crippen LogP contribution in [0.4, 0.5) is 5.69 Å². The molecule has 0 spiro atoms. The quantitative estimate of drug-likeness (QED) is 0.849. The minimum absolute atomic E-state index is 0.311. The lowest BCUT2D eigenvalue weighted by molar-refractivity contribution is -0.136. The van der Waals surface area contributed by atoms with E-state index in [1.807, 2.05) is 26.0 Å². The number of hydrogen-bond acceptors (Lipinski definition) is 4. The summed E-state index contributed by atoms with van der Waals surface area (Å²) in [6.07, 6.45) is 1.69. The highest BCUT2D eigenvalue weighted by Gasteiger charge is 2.13. The number of aryl methyl sites for hydroxylation is 2. The zero-order valence-electron chi connectivity index (χ0n) is 11.3. The van der Waals surface area contributed by atoms with E-state index >= 15 is 0 Å². The van der Waals surface area contributed by atoms with E-state index in [2.05, 4.69) is 15.6 Å². The first-order valence-electron chi connectivity index (χ1n) is 6.12. The van der Waals surface area contributed by atoms with Crippen LogP contribution in [0.15, 0.2) is 30.5 Å². The molecule has 2 rings (SSSR count). The molecule has 0 saturated heterocycles. The smallest absolute Gasteiger partial charge is 0.313 e. The van der Waals surface area contributed by atoms with Gasteiger partial charge >= 0.3 is 11.8 Å². The van der Waals surface area contributed by atoms with E-state index in [9.17, 15) is 9.59 Å². The standard InChI is InChI=1S/C14H15N3O2S/c1-9-4-3-5-11(6-9)17-14(19)13(18)16-8-12-7-15-10(2)20-12/h3-7H,8H2,1-2H3,(H,16,18)(H,17,19). The number of carbonyl (C=O) groups excluding carboxylic acids is 2. The van der Waals surface area contributed by atoms with E-state index in [1.165, 1.54) is 11.3 Å². The van der Waals surface area contributed by atoms with Gasteiger partial charge < -0.3 is 10.6 Å². The van der Waals surface area contributed by atoms with Crippen LogP contribution in [-0.4, -0.2) is 16.8 Å². The SMILES string of the molecule is Cc1cccc(NC(=O)C(=O)NCc2cnc(C)s2)c1. The molecule has 6 heteroatoms. The number of aromatic nitrogens is 1. The number of carbonyl (C=O) groups is 2. The second-order valence-corrected chi connectivity index (χ2v) is 5.67. The second-order valence-electron chi connectivity index (χ2n) is 4.35. The van der Waals surface area contributed by atoms with Crippen molar-refractivity contribution in [2.24, 2.45) is 0 Å². The highest BCUT2D eigenvalue weighted by atomic mass is 32.1. The highest BCUT2D eigenvalue weighted by Crippen LogP contribution is 2.11.